The van der Waals surface area contributed by atoms with Crippen molar-refractivity contribution >= 4 is 11.8 Å². The molecule has 0 unspecified atom stereocenters. The zero-order valence-corrected chi connectivity index (χ0v) is 9.27. The second kappa shape index (κ2) is 4.77. The van der Waals surface area contributed by atoms with E-state index in [0.717, 1.165) is 12.1 Å². The van der Waals surface area contributed by atoms with Crippen molar-refractivity contribution in [2.75, 3.05) is 7.05 Å². The van der Waals surface area contributed by atoms with Gasteiger partial charge in [-0.1, -0.05) is 12.2 Å². The minimum Gasteiger partial charge on any atom is -0.475 e. The fourth-order valence-corrected chi connectivity index (χ4v) is 1.35. The maximum Gasteiger partial charge on any atom is 0.371 e. The summed E-state index contributed by atoms with van der Waals surface area (Å²) in [6, 6.07) is -0.0199. The number of allylic oxidation sites excluding steroid dienone is 3. The van der Waals surface area contributed by atoms with E-state index in [1.807, 2.05) is 32.1 Å². The Hall–Kier alpha value is -1.58. The van der Waals surface area contributed by atoms with Crippen LogP contribution in [0.4, 0.5) is 0 Å². The fraction of sp³-hybridized carbons (Fsp3) is 0.455. The van der Waals surface area contributed by atoms with Gasteiger partial charge in [-0.3, -0.25) is 4.99 Å². The molecule has 0 spiro atoms. The fourth-order valence-electron chi connectivity index (χ4n) is 1.35. The molecule has 0 heterocycles. The Morgan fingerprint density at radius 2 is 2.27 bits per heavy atom. The van der Waals surface area contributed by atoms with Crippen LogP contribution in [0, 0.1) is 0 Å². The Morgan fingerprint density at radius 1 is 1.60 bits per heavy atom. The molecule has 0 aromatic carbocycles. The molecule has 0 aromatic heterocycles. The molecule has 1 aliphatic carbocycles. The first kappa shape index (κ1) is 11.5. The Kier molecular flexibility index (Phi) is 3.66. The number of carboxylic acid groups (broad SMARTS) is 1. The van der Waals surface area contributed by atoms with Crippen LogP contribution in [0.2, 0.25) is 0 Å². The molecule has 82 valence electrons. The monoisotopic (exact) mass is 208 g/mol. The van der Waals surface area contributed by atoms with Gasteiger partial charge in [0, 0.05) is 25.2 Å². The van der Waals surface area contributed by atoms with Crippen LogP contribution in [0.5, 0.6) is 0 Å². The number of nitrogens with zero attached hydrogens (tertiary/aromatic N) is 2. The van der Waals surface area contributed by atoms with Gasteiger partial charge < -0.3 is 10.0 Å². The molecule has 1 rings (SSSR count). The van der Waals surface area contributed by atoms with E-state index < -0.39 is 5.97 Å². The average molecular weight is 208 g/mol. The molecule has 0 saturated carbocycles. The molecule has 0 aliphatic heterocycles. The van der Waals surface area contributed by atoms with Crippen molar-refractivity contribution < 1.29 is 9.90 Å². The van der Waals surface area contributed by atoms with E-state index in [4.69, 9.17) is 5.11 Å². The minimum absolute atomic E-state index is 0.0199. The highest BCUT2D eigenvalue weighted by Gasteiger charge is 2.18. The molecule has 4 heteroatoms. The van der Waals surface area contributed by atoms with Crippen LogP contribution < -0.4 is 0 Å². The SMILES string of the molecule is CC(C)N=C(C(=O)O)N(C)C1=CC=CC1. The lowest BCUT2D eigenvalue weighted by atomic mass is 10.3. The Balaban J connectivity index is 2.85. The standard InChI is InChI=1S/C11H16N2O2/c1-8(2)12-10(11(14)15)13(3)9-6-4-5-7-9/h4-6,8H,7H2,1-3H3,(H,14,15). The van der Waals surface area contributed by atoms with Crippen LogP contribution in [0.3, 0.4) is 0 Å². The normalized spacial score (nSPS) is 15.7. The maximum atomic E-state index is 11.0. The first-order valence-corrected chi connectivity index (χ1v) is 4.93. The largest absolute Gasteiger partial charge is 0.475 e. The highest BCUT2D eigenvalue weighted by molar-refractivity contribution is 6.34. The van der Waals surface area contributed by atoms with Crippen molar-refractivity contribution in [1.29, 1.82) is 0 Å². The van der Waals surface area contributed by atoms with Gasteiger partial charge in [0.05, 0.1) is 0 Å². The summed E-state index contributed by atoms with van der Waals surface area (Å²) in [4.78, 5) is 16.7. The summed E-state index contributed by atoms with van der Waals surface area (Å²) in [5, 5.41) is 9.03. The number of amidine groups is 1. The molecular weight excluding hydrogens is 192 g/mol. The van der Waals surface area contributed by atoms with Gasteiger partial charge in [-0.15, -0.1) is 0 Å². The Morgan fingerprint density at radius 3 is 2.67 bits per heavy atom. The number of likely N-dealkylation sites (N-methyl/N-ethyl adjacent to an activating group) is 1. The van der Waals surface area contributed by atoms with Crippen molar-refractivity contribution in [3.8, 4) is 0 Å². The zero-order valence-electron chi connectivity index (χ0n) is 9.27. The summed E-state index contributed by atoms with van der Waals surface area (Å²) in [6.45, 7) is 3.72. The number of rotatable bonds is 2. The van der Waals surface area contributed by atoms with E-state index in [1.54, 1.807) is 11.9 Å². The van der Waals surface area contributed by atoms with E-state index in [2.05, 4.69) is 4.99 Å². The van der Waals surface area contributed by atoms with Gasteiger partial charge in [-0.2, -0.15) is 0 Å². The van der Waals surface area contributed by atoms with Crippen LogP contribution in [0.15, 0.2) is 28.9 Å². The molecule has 1 aliphatic rings. The van der Waals surface area contributed by atoms with E-state index in [-0.39, 0.29) is 11.9 Å². The molecule has 0 saturated heterocycles. The number of carbonyl (C=O) groups is 1. The second-order valence-electron chi connectivity index (χ2n) is 3.70. The lowest BCUT2D eigenvalue weighted by Crippen LogP contribution is -2.33. The quantitative estimate of drug-likeness (QED) is 0.554. The average Bonchev–Trinajstić information content (AvgIpc) is 2.65. The topological polar surface area (TPSA) is 52.9 Å². The van der Waals surface area contributed by atoms with Gasteiger partial charge in [0.1, 0.15) is 0 Å². The molecule has 1 N–H and O–H groups in total. The van der Waals surface area contributed by atoms with Crippen LogP contribution in [0.25, 0.3) is 0 Å². The van der Waals surface area contributed by atoms with Crippen LogP contribution >= 0.6 is 0 Å². The highest BCUT2D eigenvalue weighted by Crippen LogP contribution is 2.15. The van der Waals surface area contributed by atoms with Gasteiger partial charge >= 0.3 is 5.97 Å². The number of aliphatic carboxylic acids is 1. The summed E-state index contributed by atoms with van der Waals surface area (Å²) in [6.07, 6.45) is 6.57. The third kappa shape index (κ3) is 2.94. The third-order valence-corrected chi connectivity index (χ3v) is 2.07. The summed E-state index contributed by atoms with van der Waals surface area (Å²) >= 11 is 0. The van der Waals surface area contributed by atoms with Gasteiger partial charge in [-0.05, 0) is 19.9 Å². The Bertz CT molecular complexity index is 340. The van der Waals surface area contributed by atoms with Crippen LogP contribution in [-0.4, -0.2) is 34.9 Å². The predicted molar refractivity (Wildman–Crippen MR) is 59.8 cm³/mol. The molecule has 0 aromatic rings. The molecule has 0 bridgehead atoms. The highest BCUT2D eigenvalue weighted by atomic mass is 16.4. The summed E-state index contributed by atoms with van der Waals surface area (Å²) in [7, 11) is 1.73. The molecule has 0 atom stereocenters. The first-order valence-electron chi connectivity index (χ1n) is 4.93. The summed E-state index contributed by atoms with van der Waals surface area (Å²) in [5.74, 6) is -0.890. The lowest BCUT2D eigenvalue weighted by molar-refractivity contribution is -0.130. The molecule has 0 amide bonds. The zero-order chi connectivity index (χ0) is 11.4. The second-order valence-corrected chi connectivity index (χ2v) is 3.70. The molecule has 0 radical (unpaired) electrons. The third-order valence-electron chi connectivity index (χ3n) is 2.07. The van der Waals surface area contributed by atoms with E-state index >= 15 is 0 Å². The van der Waals surface area contributed by atoms with Crippen molar-refractivity contribution in [2.24, 2.45) is 4.99 Å². The van der Waals surface area contributed by atoms with Gasteiger partial charge in [0.15, 0.2) is 0 Å². The van der Waals surface area contributed by atoms with Crippen molar-refractivity contribution in [1.82, 2.24) is 4.90 Å². The van der Waals surface area contributed by atoms with Crippen LogP contribution in [-0.2, 0) is 4.79 Å². The summed E-state index contributed by atoms with van der Waals surface area (Å²) < 4.78 is 0. The molecule has 0 fully saturated rings. The van der Waals surface area contributed by atoms with Crippen molar-refractivity contribution in [2.45, 2.75) is 26.3 Å². The number of hydrogen-bond donors (Lipinski definition) is 1. The molecule has 15 heavy (non-hydrogen) atoms. The molecular formula is C11H16N2O2. The lowest BCUT2D eigenvalue weighted by Gasteiger charge is -2.20. The molecule has 4 nitrogen and oxygen atoms in total. The van der Waals surface area contributed by atoms with Crippen LogP contribution in [0.1, 0.15) is 20.3 Å². The van der Waals surface area contributed by atoms with E-state index in [0.29, 0.717) is 0 Å². The van der Waals surface area contributed by atoms with Gasteiger partial charge in [0.25, 0.3) is 0 Å². The maximum absolute atomic E-state index is 11.0. The minimum atomic E-state index is -0.987. The van der Waals surface area contributed by atoms with Gasteiger partial charge in [0.2, 0.25) is 5.84 Å². The smallest absolute Gasteiger partial charge is 0.371 e. The van der Waals surface area contributed by atoms with Gasteiger partial charge in [-0.25, -0.2) is 4.79 Å². The number of carboxylic acids is 1. The van der Waals surface area contributed by atoms with Crippen molar-refractivity contribution in [3.63, 3.8) is 0 Å². The first-order chi connectivity index (χ1) is 7.02. The summed E-state index contributed by atoms with van der Waals surface area (Å²) in [5.41, 5.74) is 0.955. The Labute approximate surface area is 89.6 Å². The predicted octanol–water partition coefficient (Wildman–Crippen LogP) is 1.65. The van der Waals surface area contributed by atoms with Crippen molar-refractivity contribution in [3.05, 3.63) is 23.9 Å². The van der Waals surface area contributed by atoms with E-state index in [1.165, 1.54) is 0 Å². The number of hydrogen-bond acceptors (Lipinski definition) is 2. The number of aliphatic imine (C=N–C) groups is 1. The van der Waals surface area contributed by atoms with E-state index in [9.17, 15) is 4.79 Å².